The monoisotopic (exact) mass is 306 g/mol. The SMILES string of the molecule is Cc1ccn(C)c1C(=O)N1CCC(OCC2CCOC2)CC1. The molecule has 1 aromatic heterocycles. The van der Waals surface area contributed by atoms with Crippen LogP contribution in [0, 0.1) is 12.8 Å². The molecule has 0 bridgehead atoms. The number of ether oxygens (including phenoxy) is 2. The predicted octanol–water partition coefficient (Wildman–Crippen LogP) is 1.99. The highest BCUT2D eigenvalue weighted by Gasteiger charge is 2.27. The molecular formula is C17H26N2O3. The molecule has 1 atom stereocenters. The first-order valence-electron chi connectivity index (χ1n) is 8.25. The Morgan fingerprint density at radius 1 is 1.36 bits per heavy atom. The lowest BCUT2D eigenvalue weighted by molar-refractivity contribution is -0.00810. The van der Waals surface area contributed by atoms with Crippen LogP contribution in [-0.4, -0.2) is 54.4 Å². The van der Waals surface area contributed by atoms with Crippen molar-refractivity contribution in [2.75, 3.05) is 32.9 Å². The van der Waals surface area contributed by atoms with E-state index in [1.54, 1.807) is 0 Å². The molecule has 3 rings (SSSR count). The van der Waals surface area contributed by atoms with Crippen molar-refractivity contribution in [1.29, 1.82) is 0 Å². The summed E-state index contributed by atoms with van der Waals surface area (Å²) in [6, 6.07) is 1.99. The van der Waals surface area contributed by atoms with E-state index in [1.165, 1.54) is 0 Å². The van der Waals surface area contributed by atoms with Gasteiger partial charge in [0.05, 0.1) is 19.3 Å². The summed E-state index contributed by atoms with van der Waals surface area (Å²) in [5.41, 5.74) is 1.86. The molecule has 22 heavy (non-hydrogen) atoms. The smallest absolute Gasteiger partial charge is 0.270 e. The number of amides is 1. The van der Waals surface area contributed by atoms with E-state index >= 15 is 0 Å². The van der Waals surface area contributed by atoms with Crippen LogP contribution in [0.25, 0.3) is 0 Å². The number of piperidine rings is 1. The van der Waals surface area contributed by atoms with Gasteiger partial charge in [-0.2, -0.15) is 0 Å². The Labute approximate surface area is 132 Å². The van der Waals surface area contributed by atoms with Crippen LogP contribution in [0.1, 0.15) is 35.3 Å². The Bertz CT molecular complexity index is 492. The van der Waals surface area contributed by atoms with E-state index in [-0.39, 0.29) is 5.91 Å². The van der Waals surface area contributed by atoms with Crippen LogP contribution in [0.2, 0.25) is 0 Å². The molecule has 1 aromatic rings. The molecule has 0 aromatic carbocycles. The minimum atomic E-state index is 0.146. The number of carbonyl (C=O) groups is 1. The predicted molar refractivity (Wildman–Crippen MR) is 84.0 cm³/mol. The van der Waals surface area contributed by atoms with E-state index in [4.69, 9.17) is 9.47 Å². The van der Waals surface area contributed by atoms with Gasteiger partial charge in [-0.25, -0.2) is 0 Å². The topological polar surface area (TPSA) is 43.7 Å². The van der Waals surface area contributed by atoms with Crippen LogP contribution in [0.3, 0.4) is 0 Å². The molecule has 5 heteroatoms. The fourth-order valence-electron chi connectivity index (χ4n) is 3.34. The van der Waals surface area contributed by atoms with Gasteiger partial charge in [-0.1, -0.05) is 0 Å². The Hall–Kier alpha value is -1.33. The number of hydrogen-bond donors (Lipinski definition) is 0. The number of carbonyl (C=O) groups excluding carboxylic acids is 1. The van der Waals surface area contributed by atoms with Gasteiger partial charge >= 0.3 is 0 Å². The van der Waals surface area contributed by atoms with Crippen molar-refractivity contribution in [3.05, 3.63) is 23.5 Å². The van der Waals surface area contributed by atoms with Crippen LogP contribution in [0.15, 0.2) is 12.3 Å². The lowest BCUT2D eigenvalue weighted by Gasteiger charge is -2.32. The molecule has 2 fully saturated rings. The van der Waals surface area contributed by atoms with Gasteiger partial charge in [0.25, 0.3) is 5.91 Å². The van der Waals surface area contributed by atoms with Crippen molar-refractivity contribution in [1.82, 2.24) is 9.47 Å². The molecule has 1 amide bonds. The summed E-state index contributed by atoms with van der Waals surface area (Å²) in [7, 11) is 1.93. The normalized spacial score (nSPS) is 23.2. The summed E-state index contributed by atoms with van der Waals surface area (Å²) in [6.07, 6.45) is 5.22. The fourth-order valence-corrected chi connectivity index (χ4v) is 3.34. The average molecular weight is 306 g/mol. The van der Waals surface area contributed by atoms with Gasteiger partial charge in [-0.15, -0.1) is 0 Å². The number of nitrogens with zero attached hydrogens (tertiary/aromatic N) is 2. The quantitative estimate of drug-likeness (QED) is 0.854. The first-order valence-corrected chi connectivity index (χ1v) is 8.25. The maximum Gasteiger partial charge on any atom is 0.270 e. The van der Waals surface area contributed by atoms with E-state index in [0.29, 0.717) is 12.0 Å². The van der Waals surface area contributed by atoms with Gasteiger partial charge in [0.1, 0.15) is 5.69 Å². The summed E-state index contributed by atoms with van der Waals surface area (Å²) in [5.74, 6) is 0.707. The van der Waals surface area contributed by atoms with Crippen molar-refractivity contribution < 1.29 is 14.3 Å². The van der Waals surface area contributed by atoms with Crippen LogP contribution < -0.4 is 0 Å². The van der Waals surface area contributed by atoms with Crippen molar-refractivity contribution in [3.63, 3.8) is 0 Å². The summed E-state index contributed by atoms with van der Waals surface area (Å²) in [4.78, 5) is 14.6. The van der Waals surface area contributed by atoms with E-state index < -0.39 is 0 Å². The zero-order chi connectivity index (χ0) is 15.5. The standard InChI is InChI=1S/C17H26N2O3/c1-13-3-7-18(2)16(13)17(20)19-8-4-15(5-9-19)22-12-14-6-10-21-11-14/h3,7,14-15H,4-6,8-12H2,1-2H3. The molecule has 0 radical (unpaired) electrons. The molecule has 5 nitrogen and oxygen atoms in total. The van der Waals surface area contributed by atoms with E-state index in [9.17, 15) is 4.79 Å². The van der Waals surface area contributed by atoms with E-state index in [1.807, 2.05) is 35.7 Å². The summed E-state index contributed by atoms with van der Waals surface area (Å²) >= 11 is 0. The molecule has 0 N–H and O–H groups in total. The minimum Gasteiger partial charge on any atom is -0.381 e. The van der Waals surface area contributed by atoms with Gasteiger partial charge in [-0.3, -0.25) is 4.79 Å². The third kappa shape index (κ3) is 3.36. The second kappa shape index (κ2) is 6.84. The second-order valence-corrected chi connectivity index (χ2v) is 6.51. The van der Waals surface area contributed by atoms with Gasteiger partial charge in [0.2, 0.25) is 0 Å². The number of aryl methyl sites for hydroxylation is 2. The second-order valence-electron chi connectivity index (χ2n) is 6.51. The molecule has 2 aliphatic rings. The van der Waals surface area contributed by atoms with E-state index in [2.05, 4.69) is 0 Å². The summed E-state index contributed by atoms with van der Waals surface area (Å²) < 4.78 is 13.3. The van der Waals surface area contributed by atoms with Gasteiger partial charge in [0.15, 0.2) is 0 Å². The first kappa shape index (κ1) is 15.6. The summed E-state index contributed by atoms with van der Waals surface area (Å²) in [6.45, 7) is 6.08. The highest BCUT2D eigenvalue weighted by atomic mass is 16.5. The molecule has 0 aliphatic carbocycles. The van der Waals surface area contributed by atoms with E-state index in [0.717, 1.165) is 63.4 Å². The van der Waals surface area contributed by atoms with Crippen LogP contribution in [0.5, 0.6) is 0 Å². The molecule has 3 heterocycles. The zero-order valence-electron chi connectivity index (χ0n) is 13.6. The van der Waals surface area contributed by atoms with Crippen molar-refractivity contribution in [2.45, 2.75) is 32.3 Å². The third-order valence-corrected chi connectivity index (χ3v) is 4.80. The highest BCUT2D eigenvalue weighted by molar-refractivity contribution is 5.94. The Morgan fingerprint density at radius 3 is 2.73 bits per heavy atom. The van der Waals surface area contributed by atoms with Crippen LogP contribution in [0.4, 0.5) is 0 Å². The lowest BCUT2D eigenvalue weighted by Crippen LogP contribution is -2.42. The number of likely N-dealkylation sites (tertiary alicyclic amines) is 1. The molecule has 2 saturated heterocycles. The number of aromatic nitrogens is 1. The molecule has 0 spiro atoms. The van der Waals surface area contributed by atoms with Gasteiger partial charge < -0.3 is 18.9 Å². The Morgan fingerprint density at radius 2 is 2.14 bits per heavy atom. The molecule has 0 saturated carbocycles. The Kier molecular flexibility index (Phi) is 4.84. The molecular weight excluding hydrogens is 280 g/mol. The highest BCUT2D eigenvalue weighted by Crippen LogP contribution is 2.20. The third-order valence-electron chi connectivity index (χ3n) is 4.80. The van der Waals surface area contributed by atoms with Crippen molar-refractivity contribution in [3.8, 4) is 0 Å². The minimum absolute atomic E-state index is 0.146. The van der Waals surface area contributed by atoms with Gasteiger partial charge in [-0.05, 0) is 37.8 Å². The largest absolute Gasteiger partial charge is 0.381 e. The summed E-state index contributed by atoms with van der Waals surface area (Å²) in [5, 5.41) is 0. The first-order chi connectivity index (χ1) is 10.6. The Balaban J connectivity index is 1.48. The zero-order valence-corrected chi connectivity index (χ0v) is 13.6. The lowest BCUT2D eigenvalue weighted by atomic mass is 10.1. The van der Waals surface area contributed by atoms with Gasteiger partial charge in [0, 0.05) is 38.9 Å². The van der Waals surface area contributed by atoms with Crippen molar-refractivity contribution >= 4 is 5.91 Å². The number of hydrogen-bond acceptors (Lipinski definition) is 3. The number of rotatable bonds is 4. The average Bonchev–Trinajstić information content (AvgIpc) is 3.15. The van der Waals surface area contributed by atoms with Crippen LogP contribution >= 0.6 is 0 Å². The maximum atomic E-state index is 12.6. The molecule has 1 unspecified atom stereocenters. The fraction of sp³-hybridized carbons (Fsp3) is 0.706. The maximum absolute atomic E-state index is 12.6. The van der Waals surface area contributed by atoms with Crippen LogP contribution in [-0.2, 0) is 16.5 Å². The van der Waals surface area contributed by atoms with Crippen molar-refractivity contribution in [2.24, 2.45) is 13.0 Å². The molecule has 122 valence electrons. The molecule has 2 aliphatic heterocycles.